The van der Waals surface area contributed by atoms with Crippen molar-refractivity contribution in [3.8, 4) is 5.75 Å². The third-order valence-electron chi connectivity index (χ3n) is 5.12. The number of ether oxygens (including phenoxy) is 3. The van der Waals surface area contributed by atoms with E-state index in [4.69, 9.17) is 14.2 Å². The van der Waals surface area contributed by atoms with Gasteiger partial charge in [0.2, 0.25) is 0 Å². The minimum absolute atomic E-state index is 0.482. The number of fused-ring (bicyclic) bond motifs is 1. The molecule has 0 N–H and O–H groups in total. The average molecular weight is 367 g/mol. The lowest BCUT2D eigenvalue weighted by Crippen LogP contribution is -2.50. The molecular formula is C21H21NO5. The second kappa shape index (κ2) is 7.04. The molecule has 0 amide bonds. The van der Waals surface area contributed by atoms with Crippen LogP contribution in [0.4, 0.5) is 0 Å². The largest absolute Gasteiger partial charge is 0.496 e. The Hall–Kier alpha value is -2.86. The molecule has 1 spiro atoms. The highest BCUT2D eigenvalue weighted by Crippen LogP contribution is 2.34. The second-order valence-electron chi connectivity index (χ2n) is 6.70. The van der Waals surface area contributed by atoms with Crippen LogP contribution in [0.5, 0.6) is 5.75 Å². The molecule has 1 fully saturated rings. The molecule has 0 aliphatic carbocycles. The molecule has 2 heterocycles. The fraction of sp³-hybridized carbons (Fsp3) is 0.333. The fourth-order valence-corrected chi connectivity index (χ4v) is 3.86. The molecular weight excluding hydrogens is 346 g/mol. The first-order chi connectivity index (χ1) is 13.1. The highest BCUT2D eigenvalue weighted by molar-refractivity contribution is 5.93. The van der Waals surface area contributed by atoms with Crippen molar-refractivity contribution in [3.05, 3.63) is 54.1 Å². The highest BCUT2D eigenvalue weighted by atomic mass is 16.8. The van der Waals surface area contributed by atoms with Gasteiger partial charge in [-0.2, -0.15) is 0 Å². The van der Waals surface area contributed by atoms with Crippen LogP contribution < -0.4 is 4.74 Å². The third kappa shape index (κ3) is 3.28. The lowest BCUT2D eigenvalue weighted by atomic mass is 10.0. The van der Waals surface area contributed by atoms with E-state index in [2.05, 4.69) is 12.1 Å². The number of nitrogens with zero attached hydrogens (tertiary/aromatic N) is 1. The topological polar surface area (TPSA) is 65.1 Å². The molecule has 6 heteroatoms. The first kappa shape index (κ1) is 17.5. The van der Waals surface area contributed by atoms with Crippen molar-refractivity contribution in [1.82, 2.24) is 4.90 Å². The van der Waals surface area contributed by atoms with E-state index in [1.54, 1.807) is 7.11 Å². The number of benzene rings is 2. The summed E-state index contributed by atoms with van der Waals surface area (Å²) in [6, 6.07) is 12.1. The predicted molar refractivity (Wildman–Crippen MR) is 99.1 cm³/mol. The molecule has 27 heavy (non-hydrogen) atoms. The van der Waals surface area contributed by atoms with E-state index in [1.807, 2.05) is 29.2 Å². The third-order valence-corrected chi connectivity index (χ3v) is 5.12. The standard InChI is InChI=1S/C21H21NO5/c1-25-18-8-7-15(16-5-2-3-6-17(16)18)11-14-22-13-4-12-21(22)26-19(23)9-10-20(24)27-21/h2-3,5-10H,4,11-14H2,1H3. The number of rotatable bonds is 4. The van der Waals surface area contributed by atoms with Gasteiger partial charge in [-0.25, -0.2) is 14.5 Å². The zero-order valence-corrected chi connectivity index (χ0v) is 15.1. The Kier molecular flexibility index (Phi) is 4.58. The van der Waals surface area contributed by atoms with Crippen LogP contribution in [0.3, 0.4) is 0 Å². The minimum Gasteiger partial charge on any atom is -0.496 e. The van der Waals surface area contributed by atoms with Crippen molar-refractivity contribution in [2.24, 2.45) is 0 Å². The molecule has 2 aromatic rings. The van der Waals surface area contributed by atoms with Crippen LogP contribution in [0.1, 0.15) is 18.4 Å². The zero-order chi connectivity index (χ0) is 18.9. The van der Waals surface area contributed by atoms with Crippen molar-refractivity contribution < 1.29 is 23.8 Å². The molecule has 0 aromatic heterocycles. The van der Waals surface area contributed by atoms with Gasteiger partial charge in [-0.1, -0.05) is 30.3 Å². The van der Waals surface area contributed by atoms with Crippen LogP contribution in [0.15, 0.2) is 48.6 Å². The molecule has 1 saturated heterocycles. The van der Waals surface area contributed by atoms with Gasteiger partial charge in [0.1, 0.15) is 5.75 Å². The summed E-state index contributed by atoms with van der Waals surface area (Å²) in [5.74, 6) is -1.56. The van der Waals surface area contributed by atoms with Crippen LogP contribution in [0.2, 0.25) is 0 Å². The molecule has 0 atom stereocenters. The fourth-order valence-electron chi connectivity index (χ4n) is 3.86. The van der Waals surface area contributed by atoms with E-state index in [-0.39, 0.29) is 0 Å². The maximum atomic E-state index is 11.9. The number of likely N-dealkylation sites (tertiary alicyclic amines) is 1. The SMILES string of the molecule is COc1ccc(CCN2CCCC23OC(=O)C=CC(=O)O3)c2ccccc12. The van der Waals surface area contributed by atoms with Crippen LogP contribution >= 0.6 is 0 Å². The van der Waals surface area contributed by atoms with Gasteiger partial charge in [0.25, 0.3) is 0 Å². The highest BCUT2D eigenvalue weighted by Gasteiger charge is 2.48. The van der Waals surface area contributed by atoms with Crippen molar-refractivity contribution in [2.45, 2.75) is 25.2 Å². The average Bonchev–Trinajstić information content (AvgIpc) is 2.98. The first-order valence-electron chi connectivity index (χ1n) is 9.05. The molecule has 140 valence electrons. The van der Waals surface area contributed by atoms with E-state index in [0.717, 1.165) is 47.1 Å². The van der Waals surface area contributed by atoms with Crippen LogP contribution in [0, 0.1) is 0 Å². The normalized spacial score (nSPS) is 19.1. The van der Waals surface area contributed by atoms with E-state index >= 15 is 0 Å². The number of hydrogen-bond acceptors (Lipinski definition) is 6. The van der Waals surface area contributed by atoms with Crippen LogP contribution in [-0.2, 0) is 25.5 Å². The van der Waals surface area contributed by atoms with Crippen molar-refractivity contribution in [3.63, 3.8) is 0 Å². The number of carbonyl (C=O) groups is 2. The second-order valence-corrected chi connectivity index (χ2v) is 6.70. The number of hydrogen-bond donors (Lipinski definition) is 0. The maximum Gasteiger partial charge on any atom is 0.335 e. The Balaban J connectivity index is 1.57. The summed E-state index contributed by atoms with van der Waals surface area (Å²) in [7, 11) is 1.66. The van der Waals surface area contributed by atoms with E-state index in [1.165, 1.54) is 0 Å². The van der Waals surface area contributed by atoms with Crippen LogP contribution in [0.25, 0.3) is 10.8 Å². The lowest BCUT2D eigenvalue weighted by molar-refractivity contribution is -0.268. The van der Waals surface area contributed by atoms with E-state index in [9.17, 15) is 9.59 Å². The molecule has 0 bridgehead atoms. The Morgan fingerprint density at radius 1 is 1.04 bits per heavy atom. The molecule has 0 radical (unpaired) electrons. The van der Waals surface area contributed by atoms with Gasteiger partial charge in [0.15, 0.2) is 0 Å². The summed E-state index contributed by atoms with van der Waals surface area (Å²) < 4.78 is 16.4. The monoisotopic (exact) mass is 367 g/mol. The van der Waals surface area contributed by atoms with Crippen molar-refractivity contribution >= 4 is 22.7 Å². The Morgan fingerprint density at radius 2 is 1.74 bits per heavy atom. The molecule has 0 unspecified atom stereocenters. The summed E-state index contributed by atoms with van der Waals surface area (Å²) >= 11 is 0. The number of methoxy groups -OCH3 is 1. The Bertz CT molecular complexity index is 900. The molecule has 2 aromatic carbocycles. The Labute approximate surface area is 157 Å². The summed E-state index contributed by atoms with van der Waals surface area (Å²) in [5, 5.41) is 2.19. The molecule has 6 nitrogen and oxygen atoms in total. The molecule has 0 saturated carbocycles. The lowest BCUT2D eigenvalue weighted by Gasteiger charge is -2.35. The summed E-state index contributed by atoms with van der Waals surface area (Å²) in [4.78, 5) is 25.7. The zero-order valence-electron chi connectivity index (χ0n) is 15.1. The number of esters is 2. The first-order valence-corrected chi connectivity index (χ1v) is 9.05. The molecule has 2 aliphatic rings. The van der Waals surface area contributed by atoms with Gasteiger partial charge in [-0.05, 0) is 29.9 Å². The Morgan fingerprint density at radius 3 is 2.44 bits per heavy atom. The van der Waals surface area contributed by atoms with Gasteiger partial charge in [0.05, 0.1) is 7.11 Å². The number of carbonyl (C=O) groups excluding carboxylic acids is 2. The van der Waals surface area contributed by atoms with E-state index < -0.39 is 17.8 Å². The van der Waals surface area contributed by atoms with Crippen LogP contribution in [-0.4, -0.2) is 42.9 Å². The quantitative estimate of drug-likeness (QED) is 0.775. The predicted octanol–water partition coefficient (Wildman–Crippen LogP) is 2.80. The maximum absolute atomic E-state index is 11.9. The van der Waals surface area contributed by atoms with Crippen molar-refractivity contribution in [2.75, 3.05) is 20.2 Å². The minimum atomic E-state index is -1.29. The summed E-state index contributed by atoms with van der Waals surface area (Å²) in [6.07, 6.45) is 4.24. The van der Waals surface area contributed by atoms with Gasteiger partial charge >= 0.3 is 17.8 Å². The van der Waals surface area contributed by atoms with Gasteiger partial charge in [0, 0.05) is 37.0 Å². The smallest absolute Gasteiger partial charge is 0.335 e. The molecule has 4 rings (SSSR count). The summed E-state index contributed by atoms with van der Waals surface area (Å²) in [6.45, 7) is 1.31. The van der Waals surface area contributed by atoms with Gasteiger partial charge in [-0.15, -0.1) is 0 Å². The van der Waals surface area contributed by atoms with Gasteiger partial charge < -0.3 is 14.2 Å². The molecule has 2 aliphatic heterocycles. The van der Waals surface area contributed by atoms with Crippen molar-refractivity contribution in [1.29, 1.82) is 0 Å². The summed E-state index contributed by atoms with van der Waals surface area (Å²) in [5.41, 5.74) is 1.16. The van der Waals surface area contributed by atoms with E-state index in [0.29, 0.717) is 19.5 Å². The van der Waals surface area contributed by atoms with Gasteiger partial charge in [-0.3, -0.25) is 0 Å².